The average Bonchev–Trinajstić information content (AvgIpc) is 2.49. The molecular formula is C14H19NO3. The van der Waals surface area contributed by atoms with Crippen LogP contribution in [0.1, 0.15) is 36.8 Å². The summed E-state index contributed by atoms with van der Waals surface area (Å²) in [6.45, 7) is 3.01. The Morgan fingerprint density at radius 2 is 2.00 bits per heavy atom. The fourth-order valence-corrected chi connectivity index (χ4v) is 2.38. The number of aromatic hydroxyl groups is 2. The Bertz CT molecular complexity index is 433. The lowest BCUT2D eigenvalue weighted by molar-refractivity contribution is -0.131. The summed E-state index contributed by atoms with van der Waals surface area (Å²) >= 11 is 0. The Kier molecular flexibility index (Phi) is 3.75. The van der Waals surface area contributed by atoms with Crippen LogP contribution in [0.3, 0.4) is 0 Å². The molecule has 0 aromatic heterocycles. The monoisotopic (exact) mass is 249 g/mol. The van der Waals surface area contributed by atoms with Crippen molar-refractivity contribution in [2.24, 2.45) is 0 Å². The van der Waals surface area contributed by atoms with Crippen molar-refractivity contribution in [1.29, 1.82) is 0 Å². The largest absolute Gasteiger partial charge is 0.508 e. The van der Waals surface area contributed by atoms with Gasteiger partial charge >= 0.3 is 0 Å². The summed E-state index contributed by atoms with van der Waals surface area (Å²) in [5.41, 5.74) is 1.53. The highest BCUT2D eigenvalue weighted by atomic mass is 16.3. The molecule has 0 bridgehead atoms. The highest BCUT2D eigenvalue weighted by molar-refractivity contribution is 5.76. The predicted molar refractivity (Wildman–Crippen MR) is 68.4 cm³/mol. The number of phenolic OH excluding ortho intramolecular Hbond substituents is 2. The number of benzene rings is 1. The van der Waals surface area contributed by atoms with Gasteiger partial charge in [-0.05, 0) is 31.4 Å². The van der Waals surface area contributed by atoms with Crippen LogP contribution in [-0.2, 0) is 11.3 Å². The van der Waals surface area contributed by atoms with E-state index in [1.807, 2.05) is 6.92 Å². The first-order valence-corrected chi connectivity index (χ1v) is 6.37. The van der Waals surface area contributed by atoms with E-state index in [4.69, 9.17) is 0 Å². The summed E-state index contributed by atoms with van der Waals surface area (Å²) in [7, 11) is 0. The number of hydrogen-bond acceptors (Lipinski definition) is 3. The normalized spacial score (nSPS) is 16.7. The van der Waals surface area contributed by atoms with Crippen LogP contribution in [-0.4, -0.2) is 27.6 Å². The van der Waals surface area contributed by atoms with Crippen molar-refractivity contribution in [3.05, 3.63) is 23.3 Å². The van der Waals surface area contributed by atoms with Gasteiger partial charge in [-0.25, -0.2) is 0 Å². The predicted octanol–water partition coefficient (Wildman–Crippen LogP) is 2.31. The van der Waals surface area contributed by atoms with E-state index in [1.54, 1.807) is 11.0 Å². The molecule has 0 radical (unpaired) electrons. The van der Waals surface area contributed by atoms with Crippen LogP contribution in [0.2, 0.25) is 0 Å². The quantitative estimate of drug-likeness (QED) is 0.845. The van der Waals surface area contributed by atoms with Crippen molar-refractivity contribution in [3.8, 4) is 11.5 Å². The van der Waals surface area contributed by atoms with Crippen molar-refractivity contribution in [3.63, 3.8) is 0 Å². The second kappa shape index (κ2) is 5.29. The highest BCUT2D eigenvalue weighted by Crippen LogP contribution is 2.28. The molecule has 1 amide bonds. The molecule has 1 aliphatic heterocycles. The molecule has 98 valence electrons. The molecule has 1 aromatic carbocycles. The van der Waals surface area contributed by atoms with E-state index in [2.05, 4.69) is 0 Å². The smallest absolute Gasteiger partial charge is 0.222 e. The van der Waals surface area contributed by atoms with Crippen LogP contribution in [0.15, 0.2) is 12.1 Å². The van der Waals surface area contributed by atoms with Crippen molar-refractivity contribution in [2.45, 2.75) is 39.2 Å². The first kappa shape index (κ1) is 12.7. The minimum atomic E-state index is 0.0518. The summed E-state index contributed by atoms with van der Waals surface area (Å²) in [5, 5.41) is 19.2. The lowest BCUT2D eigenvalue weighted by Gasteiger charge is -2.22. The molecule has 2 rings (SSSR count). The summed E-state index contributed by atoms with van der Waals surface area (Å²) in [5.74, 6) is 0.264. The number of amides is 1. The fraction of sp³-hybridized carbons (Fsp3) is 0.500. The van der Waals surface area contributed by atoms with Crippen LogP contribution >= 0.6 is 0 Å². The first-order valence-electron chi connectivity index (χ1n) is 6.37. The summed E-state index contributed by atoms with van der Waals surface area (Å²) in [4.78, 5) is 13.7. The molecule has 0 unspecified atom stereocenters. The molecule has 1 heterocycles. The number of carbonyl (C=O) groups is 1. The average molecular weight is 249 g/mol. The van der Waals surface area contributed by atoms with E-state index < -0.39 is 0 Å². The van der Waals surface area contributed by atoms with E-state index in [1.165, 1.54) is 6.07 Å². The number of carbonyl (C=O) groups excluding carboxylic acids is 1. The molecule has 0 spiro atoms. The molecule has 1 saturated heterocycles. The van der Waals surface area contributed by atoms with Crippen LogP contribution < -0.4 is 0 Å². The van der Waals surface area contributed by atoms with Gasteiger partial charge in [-0.2, -0.15) is 0 Å². The van der Waals surface area contributed by atoms with Gasteiger partial charge in [0.1, 0.15) is 11.5 Å². The number of hydrogen-bond donors (Lipinski definition) is 2. The Balaban J connectivity index is 2.20. The van der Waals surface area contributed by atoms with Gasteiger partial charge in [-0.1, -0.05) is 6.42 Å². The summed E-state index contributed by atoms with van der Waals surface area (Å²) in [6.07, 6.45) is 3.65. The van der Waals surface area contributed by atoms with Crippen LogP contribution in [0.5, 0.6) is 11.5 Å². The van der Waals surface area contributed by atoms with Crippen molar-refractivity contribution < 1.29 is 15.0 Å². The fourth-order valence-electron chi connectivity index (χ4n) is 2.38. The maximum atomic E-state index is 11.9. The Labute approximate surface area is 107 Å². The van der Waals surface area contributed by atoms with Crippen molar-refractivity contribution >= 4 is 5.91 Å². The topological polar surface area (TPSA) is 60.8 Å². The van der Waals surface area contributed by atoms with Gasteiger partial charge in [0, 0.05) is 31.1 Å². The zero-order valence-electron chi connectivity index (χ0n) is 10.6. The van der Waals surface area contributed by atoms with Gasteiger partial charge in [-0.3, -0.25) is 4.79 Å². The number of aryl methyl sites for hydroxylation is 1. The second-order valence-electron chi connectivity index (χ2n) is 4.89. The molecular weight excluding hydrogens is 230 g/mol. The maximum Gasteiger partial charge on any atom is 0.222 e. The van der Waals surface area contributed by atoms with Crippen LogP contribution in [0.25, 0.3) is 0 Å². The lowest BCUT2D eigenvalue weighted by Crippen LogP contribution is -2.30. The lowest BCUT2D eigenvalue weighted by atomic mass is 10.1. The van der Waals surface area contributed by atoms with E-state index >= 15 is 0 Å². The molecule has 1 fully saturated rings. The Morgan fingerprint density at radius 3 is 2.72 bits per heavy atom. The number of phenols is 2. The molecule has 0 aliphatic carbocycles. The van der Waals surface area contributed by atoms with E-state index in [9.17, 15) is 15.0 Å². The molecule has 4 nitrogen and oxygen atoms in total. The molecule has 4 heteroatoms. The SMILES string of the molecule is Cc1cc(O)cc(O)c1CN1CCCCCC1=O. The van der Waals surface area contributed by atoms with Gasteiger partial charge in [0.2, 0.25) is 5.91 Å². The molecule has 2 N–H and O–H groups in total. The number of likely N-dealkylation sites (tertiary alicyclic amines) is 1. The molecule has 18 heavy (non-hydrogen) atoms. The Morgan fingerprint density at radius 1 is 1.22 bits per heavy atom. The second-order valence-corrected chi connectivity index (χ2v) is 4.89. The summed E-state index contributed by atoms with van der Waals surface area (Å²) in [6, 6.07) is 2.93. The number of rotatable bonds is 2. The van der Waals surface area contributed by atoms with E-state index in [-0.39, 0.29) is 17.4 Å². The number of nitrogens with zero attached hydrogens (tertiary/aromatic N) is 1. The molecule has 0 atom stereocenters. The minimum Gasteiger partial charge on any atom is -0.508 e. The standard InChI is InChI=1S/C14H19NO3/c1-10-7-11(16)8-13(17)12(10)9-15-6-4-2-3-5-14(15)18/h7-8,16-17H,2-6,9H2,1H3. The molecule has 1 aromatic rings. The van der Waals surface area contributed by atoms with Gasteiger partial charge < -0.3 is 15.1 Å². The van der Waals surface area contributed by atoms with Crippen LogP contribution in [0.4, 0.5) is 0 Å². The summed E-state index contributed by atoms with van der Waals surface area (Å²) < 4.78 is 0. The van der Waals surface area contributed by atoms with Gasteiger partial charge in [0.15, 0.2) is 0 Å². The Hall–Kier alpha value is -1.71. The minimum absolute atomic E-state index is 0.0518. The van der Waals surface area contributed by atoms with Crippen LogP contribution in [0, 0.1) is 6.92 Å². The van der Waals surface area contributed by atoms with E-state index in [0.717, 1.165) is 36.9 Å². The highest BCUT2D eigenvalue weighted by Gasteiger charge is 2.19. The van der Waals surface area contributed by atoms with Gasteiger partial charge in [0.05, 0.1) is 0 Å². The van der Waals surface area contributed by atoms with Gasteiger partial charge in [-0.15, -0.1) is 0 Å². The third-order valence-electron chi connectivity index (χ3n) is 3.45. The zero-order valence-corrected chi connectivity index (χ0v) is 10.6. The van der Waals surface area contributed by atoms with Crippen molar-refractivity contribution in [1.82, 2.24) is 4.90 Å². The first-order chi connectivity index (χ1) is 8.58. The zero-order chi connectivity index (χ0) is 13.1. The third-order valence-corrected chi connectivity index (χ3v) is 3.45. The van der Waals surface area contributed by atoms with Gasteiger partial charge in [0.25, 0.3) is 0 Å². The van der Waals surface area contributed by atoms with Crippen molar-refractivity contribution in [2.75, 3.05) is 6.54 Å². The molecule has 0 saturated carbocycles. The maximum absolute atomic E-state index is 11.9. The van der Waals surface area contributed by atoms with E-state index in [0.29, 0.717) is 13.0 Å². The molecule has 1 aliphatic rings. The third kappa shape index (κ3) is 2.75.